The third-order valence-corrected chi connectivity index (χ3v) is 4.21. The van der Waals surface area contributed by atoms with E-state index in [1.807, 2.05) is 30.3 Å². The van der Waals surface area contributed by atoms with E-state index in [1.165, 1.54) is 6.07 Å². The first-order valence-electron chi connectivity index (χ1n) is 6.42. The lowest BCUT2D eigenvalue weighted by Crippen LogP contribution is -2.41. The third kappa shape index (κ3) is 3.08. The number of nitrogens with two attached hydrogens (primary N) is 1. The SMILES string of the molecule is NCC(CO)(Cc1ccc(F)c(Br)c1)c1ccccc1. The maximum atomic E-state index is 13.3. The predicted molar refractivity (Wildman–Crippen MR) is 82.1 cm³/mol. The molecule has 0 aliphatic carbocycles. The van der Waals surface area contributed by atoms with Gasteiger partial charge in [-0.2, -0.15) is 0 Å². The molecule has 2 rings (SSSR count). The zero-order valence-electron chi connectivity index (χ0n) is 11.0. The molecule has 0 heterocycles. The first kappa shape index (κ1) is 15.2. The lowest BCUT2D eigenvalue weighted by Gasteiger charge is -2.31. The minimum Gasteiger partial charge on any atom is -0.395 e. The zero-order chi connectivity index (χ0) is 14.6. The van der Waals surface area contributed by atoms with Crippen molar-refractivity contribution in [3.8, 4) is 0 Å². The molecule has 4 heteroatoms. The molecular formula is C16H17BrFNO. The van der Waals surface area contributed by atoms with Gasteiger partial charge in [-0.3, -0.25) is 0 Å². The molecule has 0 radical (unpaired) electrons. The Bertz CT molecular complexity index is 570. The summed E-state index contributed by atoms with van der Waals surface area (Å²) < 4.78 is 13.7. The summed E-state index contributed by atoms with van der Waals surface area (Å²) in [6.45, 7) is 0.269. The Labute approximate surface area is 126 Å². The van der Waals surface area contributed by atoms with Crippen LogP contribution in [-0.4, -0.2) is 18.3 Å². The molecule has 20 heavy (non-hydrogen) atoms. The highest BCUT2D eigenvalue weighted by Gasteiger charge is 2.30. The van der Waals surface area contributed by atoms with Crippen LogP contribution in [0.3, 0.4) is 0 Å². The van der Waals surface area contributed by atoms with Gasteiger partial charge in [-0.05, 0) is 45.6 Å². The van der Waals surface area contributed by atoms with Crippen LogP contribution < -0.4 is 5.73 Å². The molecule has 0 saturated carbocycles. The van der Waals surface area contributed by atoms with Crippen LogP contribution in [0.5, 0.6) is 0 Å². The van der Waals surface area contributed by atoms with E-state index in [0.717, 1.165) is 11.1 Å². The molecule has 3 N–H and O–H groups in total. The second-order valence-corrected chi connectivity index (χ2v) is 5.79. The fourth-order valence-electron chi connectivity index (χ4n) is 2.34. The average molecular weight is 338 g/mol. The number of aliphatic hydroxyl groups excluding tert-OH is 1. The highest BCUT2D eigenvalue weighted by atomic mass is 79.9. The fraction of sp³-hybridized carbons (Fsp3) is 0.250. The van der Waals surface area contributed by atoms with Gasteiger partial charge in [0.05, 0.1) is 11.1 Å². The van der Waals surface area contributed by atoms with Crippen molar-refractivity contribution in [2.24, 2.45) is 5.73 Å². The van der Waals surface area contributed by atoms with Crippen LogP contribution in [0.2, 0.25) is 0 Å². The van der Waals surface area contributed by atoms with Gasteiger partial charge in [0.1, 0.15) is 5.82 Å². The minimum atomic E-state index is -0.543. The Morgan fingerprint density at radius 2 is 1.85 bits per heavy atom. The number of aliphatic hydroxyl groups is 1. The molecule has 0 aromatic heterocycles. The molecule has 1 unspecified atom stereocenters. The number of hydrogen-bond acceptors (Lipinski definition) is 2. The van der Waals surface area contributed by atoms with Crippen LogP contribution in [0, 0.1) is 5.82 Å². The first-order valence-corrected chi connectivity index (χ1v) is 7.21. The molecule has 0 saturated heterocycles. The van der Waals surface area contributed by atoms with Crippen molar-refractivity contribution in [2.45, 2.75) is 11.8 Å². The number of halogens is 2. The molecule has 0 amide bonds. The quantitative estimate of drug-likeness (QED) is 0.880. The Hall–Kier alpha value is -1.23. The van der Waals surface area contributed by atoms with Crippen LogP contribution in [0.4, 0.5) is 4.39 Å². The van der Waals surface area contributed by atoms with E-state index in [0.29, 0.717) is 17.4 Å². The lowest BCUT2D eigenvalue weighted by molar-refractivity contribution is 0.196. The van der Waals surface area contributed by atoms with Crippen molar-refractivity contribution < 1.29 is 9.50 Å². The summed E-state index contributed by atoms with van der Waals surface area (Å²) in [6, 6.07) is 14.6. The Morgan fingerprint density at radius 3 is 2.40 bits per heavy atom. The smallest absolute Gasteiger partial charge is 0.137 e. The molecule has 0 spiro atoms. The monoisotopic (exact) mass is 337 g/mol. The summed E-state index contributed by atoms with van der Waals surface area (Å²) in [4.78, 5) is 0. The minimum absolute atomic E-state index is 0.0531. The number of rotatable bonds is 5. The molecule has 0 aliphatic rings. The fourth-order valence-corrected chi connectivity index (χ4v) is 2.76. The largest absolute Gasteiger partial charge is 0.395 e. The average Bonchev–Trinajstić information content (AvgIpc) is 2.49. The van der Waals surface area contributed by atoms with Gasteiger partial charge in [-0.25, -0.2) is 4.39 Å². The zero-order valence-corrected chi connectivity index (χ0v) is 12.6. The van der Waals surface area contributed by atoms with Crippen molar-refractivity contribution in [1.82, 2.24) is 0 Å². The normalized spacial score (nSPS) is 14.0. The topological polar surface area (TPSA) is 46.2 Å². The summed E-state index contributed by atoms with van der Waals surface area (Å²) in [5.41, 5.74) is 7.30. The van der Waals surface area contributed by atoms with Gasteiger partial charge in [0.15, 0.2) is 0 Å². The van der Waals surface area contributed by atoms with E-state index >= 15 is 0 Å². The standard InChI is InChI=1S/C16H17BrFNO/c17-14-8-12(6-7-15(14)18)9-16(10-19,11-20)13-4-2-1-3-5-13/h1-8,20H,9-11,19H2. The van der Waals surface area contributed by atoms with Crippen molar-refractivity contribution in [2.75, 3.05) is 13.2 Å². The van der Waals surface area contributed by atoms with Gasteiger partial charge < -0.3 is 10.8 Å². The van der Waals surface area contributed by atoms with Gasteiger partial charge in [-0.1, -0.05) is 36.4 Å². The van der Waals surface area contributed by atoms with Crippen LogP contribution >= 0.6 is 15.9 Å². The number of benzene rings is 2. The molecule has 0 fully saturated rings. The molecule has 0 bridgehead atoms. The van der Waals surface area contributed by atoms with Crippen LogP contribution in [0.1, 0.15) is 11.1 Å². The summed E-state index contributed by atoms with van der Waals surface area (Å²) >= 11 is 3.18. The maximum absolute atomic E-state index is 13.3. The van der Waals surface area contributed by atoms with Crippen molar-refractivity contribution in [1.29, 1.82) is 0 Å². The molecule has 1 atom stereocenters. The summed E-state index contributed by atoms with van der Waals surface area (Å²) in [7, 11) is 0. The highest BCUT2D eigenvalue weighted by Crippen LogP contribution is 2.29. The molecular weight excluding hydrogens is 321 g/mol. The summed E-state index contributed by atoms with van der Waals surface area (Å²) in [5, 5.41) is 9.85. The summed E-state index contributed by atoms with van der Waals surface area (Å²) in [5.74, 6) is -0.296. The summed E-state index contributed by atoms with van der Waals surface area (Å²) in [6.07, 6.45) is 0.558. The second-order valence-electron chi connectivity index (χ2n) is 4.93. The Kier molecular flexibility index (Phi) is 4.91. The molecule has 2 nitrogen and oxygen atoms in total. The predicted octanol–water partition coefficient (Wildman–Crippen LogP) is 3.02. The van der Waals surface area contributed by atoms with Crippen LogP contribution in [0.25, 0.3) is 0 Å². The van der Waals surface area contributed by atoms with Gasteiger partial charge in [-0.15, -0.1) is 0 Å². The van der Waals surface area contributed by atoms with Crippen molar-refractivity contribution in [3.63, 3.8) is 0 Å². The van der Waals surface area contributed by atoms with Gasteiger partial charge >= 0.3 is 0 Å². The molecule has 0 aliphatic heterocycles. The Morgan fingerprint density at radius 1 is 1.15 bits per heavy atom. The van der Waals surface area contributed by atoms with Crippen molar-refractivity contribution >= 4 is 15.9 Å². The molecule has 2 aromatic rings. The van der Waals surface area contributed by atoms with Gasteiger partial charge in [0.2, 0.25) is 0 Å². The van der Waals surface area contributed by atoms with Gasteiger partial charge in [0.25, 0.3) is 0 Å². The Balaban J connectivity index is 2.36. The van der Waals surface area contributed by atoms with E-state index in [1.54, 1.807) is 12.1 Å². The first-order chi connectivity index (χ1) is 9.61. The van der Waals surface area contributed by atoms with Crippen LogP contribution in [0.15, 0.2) is 53.0 Å². The second kappa shape index (κ2) is 6.48. The molecule has 106 valence electrons. The molecule has 2 aromatic carbocycles. The van der Waals surface area contributed by atoms with Crippen molar-refractivity contribution in [3.05, 3.63) is 69.9 Å². The lowest BCUT2D eigenvalue weighted by atomic mass is 9.76. The maximum Gasteiger partial charge on any atom is 0.137 e. The van der Waals surface area contributed by atoms with E-state index in [2.05, 4.69) is 15.9 Å². The van der Waals surface area contributed by atoms with E-state index < -0.39 is 5.41 Å². The van der Waals surface area contributed by atoms with Crippen LogP contribution in [-0.2, 0) is 11.8 Å². The van der Waals surface area contributed by atoms with E-state index in [9.17, 15) is 9.50 Å². The third-order valence-electron chi connectivity index (χ3n) is 3.61. The highest BCUT2D eigenvalue weighted by molar-refractivity contribution is 9.10. The van der Waals surface area contributed by atoms with E-state index in [-0.39, 0.29) is 12.4 Å². The van der Waals surface area contributed by atoms with E-state index in [4.69, 9.17) is 5.73 Å². The van der Waals surface area contributed by atoms with Gasteiger partial charge in [0, 0.05) is 12.0 Å². The number of hydrogen-bond donors (Lipinski definition) is 2.